The van der Waals surface area contributed by atoms with Crippen molar-refractivity contribution in [2.24, 2.45) is 5.92 Å². The first-order valence-corrected chi connectivity index (χ1v) is 9.61. The van der Waals surface area contributed by atoms with Gasteiger partial charge in [-0.05, 0) is 59.7 Å². The van der Waals surface area contributed by atoms with Crippen molar-refractivity contribution >= 4 is 0 Å². The second kappa shape index (κ2) is 15.4. The molecule has 0 aromatic rings. The van der Waals surface area contributed by atoms with Crippen molar-refractivity contribution in [2.75, 3.05) is 53.5 Å². The summed E-state index contributed by atoms with van der Waals surface area (Å²) in [6.07, 6.45) is 3.44. The van der Waals surface area contributed by atoms with Gasteiger partial charge >= 0.3 is 0 Å². The molecule has 0 amide bonds. The predicted octanol–water partition coefficient (Wildman–Crippen LogP) is 3.49. The van der Waals surface area contributed by atoms with Crippen LogP contribution in [-0.4, -0.2) is 74.0 Å². The SMILES string of the molecule is CC.CC.CCOC1(C)CCN(C)C1.CN1CCC(CCO)C1. The minimum absolute atomic E-state index is 0.142. The molecule has 23 heavy (non-hydrogen) atoms. The minimum atomic E-state index is 0.142. The number of hydrogen-bond acceptors (Lipinski definition) is 4. The van der Waals surface area contributed by atoms with E-state index in [1.807, 2.05) is 27.7 Å². The van der Waals surface area contributed by atoms with E-state index in [0.717, 1.165) is 25.5 Å². The van der Waals surface area contributed by atoms with Gasteiger partial charge in [0.25, 0.3) is 0 Å². The summed E-state index contributed by atoms with van der Waals surface area (Å²) < 4.78 is 5.62. The van der Waals surface area contributed by atoms with E-state index in [-0.39, 0.29) is 5.60 Å². The molecule has 2 aliphatic rings. The van der Waals surface area contributed by atoms with Crippen LogP contribution in [0, 0.1) is 5.92 Å². The fraction of sp³-hybridized carbons (Fsp3) is 1.00. The maximum Gasteiger partial charge on any atom is 0.0792 e. The van der Waals surface area contributed by atoms with Crippen molar-refractivity contribution in [1.82, 2.24) is 9.80 Å². The molecular formula is C19H44N2O2. The van der Waals surface area contributed by atoms with E-state index in [2.05, 4.69) is 37.7 Å². The summed E-state index contributed by atoms with van der Waals surface area (Å²) in [6, 6.07) is 0. The standard InChI is InChI=1S/C8H17NO.C7H15NO.2C2H6/c1-4-10-8(2)5-6-9(3)7-8;1-8-4-2-7(6-8)3-5-9;2*1-2/h4-7H2,1-3H3;7,9H,2-6H2,1H3;2*1-2H3. The van der Waals surface area contributed by atoms with Crippen LogP contribution >= 0.6 is 0 Å². The third-order valence-electron chi connectivity index (χ3n) is 4.15. The number of ether oxygens (including phenoxy) is 1. The van der Waals surface area contributed by atoms with Crippen LogP contribution in [0.4, 0.5) is 0 Å². The number of aliphatic hydroxyl groups excluding tert-OH is 1. The molecule has 2 rings (SSSR count). The van der Waals surface area contributed by atoms with Crippen LogP contribution in [0.25, 0.3) is 0 Å². The van der Waals surface area contributed by atoms with E-state index in [1.54, 1.807) is 0 Å². The van der Waals surface area contributed by atoms with Crippen molar-refractivity contribution in [2.45, 2.75) is 66.4 Å². The third kappa shape index (κ3) is 11.9. The molecule has 4 heteroatoms. The van der Waals surface area contributed by atoms with Crippen LogP contribution in [-0.2, 0) is 4.74 Å². The molecule has 0 aromatic heterocycles. The molecule has 2 atom stereocenters. The molecule has 0 radical (unpaired) electrons. The Bertz CT molecular complexity index is 246. The Labute approximate surface area is 146 Å². The summed E-state index contributed by atoms with van der Waals surface area (Å²) in [4.78, 5) is 4.63. The highest BCUT2D eigenvalue weighted by atomic mass is 16.5. The van der Waals surface area contributed by atoms with E-state index >= 15 is 0 Å². The first-order chi connectivity index (χ1) is 11.0. The Morgan fingerprint density at radius 3 is 2.04 bits per heavy atom. The molecule has 2 aliphatic heterocycles. The summed E-state index contributed by atoms with van der Waals surface area (Å²) in [5, 5.41) is 8.59. The first-order valence-electron chi connectivity index (χ1n) is 9.61. The van der Waals surface area contributed by atoms with Gasteiger partial charge in [-0.15, -0.1) is 0 Å². The average Bonchev–Trinajstić information content (AvgIpc) is 3.10. The van der Waals surface area contributed by atoms with E-state index in [1.165, 1.54) is 32.5 Å². The third-order valence-corrected chi connectivity index (χ3v) is 4.15. The van der Waals surface area contributed by atoms with Crippen LogP contribution in [0.1, 0.15) is 60.8 Å². The summed E-state index contributed by atoms with van der Waals surface area (Å²) in [5.41, 5.74) is 0.142. The Balaban J connectivity index is 0. The Kier molecular flexibility index (Phi) is 16.8. The quantitative estimate of drug-likeness (QED) is 0.855. The summed E-state index contributed by atoms with van der Waals surface area (Å²) in [7, 11) is 4.28. The number of likely N-dealkylation sites (tertiary alicyclic amines) is 2. The van der Waals surface area contributed by atoms with Crippen molar-refractivity contribution in [3.63, 3.8) is 0 Å². The van der Waals surface area contributed by atoms with Gasteiger partial charge in [0.2, 0.25) is 0 Å². The van der Waals surface area contributed by atoms with Crippen molar-refractivity contribution < 1.29 is 9.84 Å². The fourth-order valence-corrected chi connectivity index (χ4v) is 3.07. The maximum absolute atomic E-state index is 8.59. The topological polar surface area (TPSA) is 35.9 Å². The lowest BCUT2D eigenvalue weighted by Crippen LogP contribution is -2.31. The Morgan fingerprint density at radius 1 is 1.09 bits per heavy atom. The average molecular weight is 333 g/mol. The summed E-state index contributed by atoms with van der Waals surface area (Å²) in [5.74, 6) is 0.764. The lowest BCUT2D eigenvalue weighted by Gasteiger charge is -2.23. The van der Waals surface area contributed by atoms with Crippen LogP contribution < -0.4 is 0 Å². The summed E-state index contributed by atoms with van der Waals surface area (Å²) >= 11 is 0. The van der Waals surface area contributed by atoms with Gasteiger partial charge < -0.3 is 19.6 Å². The van der Waals surface area contributed by atoms with Crippen molar-refractivity contribution in [1.29, 1.82) is 0 Å². The molecule has 0 aromatic carbocycles. The monoisotopic (exact) mass is 332 g/mol. The predicted molar refractivity (Wildman–Crippen MR) is 102 cm³/mol. The van der Waals surface area contributed by atoms with Crippen molar-refractivity contribution in [3.8, 4) is 0 Å². The number of aliphatic hydroxyl groups is 1. The molecule has 4 nitrogen and oxygen atoms in total. The number of hydrogen-bond donors (Lipinski definition) is 1. The highest BCUT2D eigenvalue weighted by Gasteiger charge is 2.31. The fourth-order valence-electron chi connectivity index (χ4n) is 3.07. The van der Waals surface area contributed by atoms with E-state index < -0.39 is 0 Å². The van der Waals surface area contributed by atoms with Gasteiger partial charge in [-0.2, -0.15) is 0 Å². The van der Waals surface area contributed by atoms with Gasteiger partial charge in [-0.1, -0.05) is 27.7 Å². The molecule has 2 heterocycles. The highest BCUT2D eigenvalue weighted by molar-refractivity contribution is 4.86. The van der Waals surface area contributed by atoms with Gasteiger partial charge in [-0.25, -0.2) is 0 Å². The zero-order chi connectivity index (χ0) is 18.3. The van der Waals surface area contributed by atoms with E-state index in [9.17, 15) is 0 Å². The molecule has 0 spiro atoms. The maximum atomic E-state index is 8.59. The largest absolute Gasteiger partial charge is 0.396 e. The van der Waals surface area contributed by atoms with Gasteiger partial charge in [-0.3, -0.25) is 0 Å². The smallest absolute Gasteiger partial charge is 0.0792 e. The number of likely N-dealkylation sites (N-methyl/N-ethyl adjacent to an activating group) is 1. The molecule has 2 saturated heterocycles. The van der Waals surface area contributed by atoms with Gasteiger partial charge in [0, 0.05) is 32.8 Å². The van der Waals surface area contributed by atoms with Gasteiger partial charge in [0.05, 0.1) is 5.60 Å². The Hall–Kier alpha value is -0.160. The molecule has 0 saturated carbocycles. The molecular weight excluding hydrogens is 288 g/mol. The van der Waals surface area contributed by atoms with Crippen LogP contribution in [0.3, 0.4) is 0 Å². The van der Waals surface area contributed by atoms with Crippen LogP contribution in [0.2, 0.25) is 0 Å². The number of rotatable bonds is 4. The molecule has 1 N–H and O–H groups in total. The minimum Gasteiger partial charge on any atom is -0.396 e. The second-order valence-corrected chi connectivity index (χ2v) is 6.30. The first kappa shape index (κ1) is 25.1. The van der Waals surface area contributed by atoms with E-state index in [4.69, 9.17) is 9.84 Å². The normalized spacial score (nSPS) is 27.3. The lowest BCUT2D eigenvalue weighted by atomic mass is 10.1. The lowest BCUT2D eigenvalue weighted by molar-refractivity contribution is -0.0146. The highest BCUT2D eigenvalue weighted by Crippen LogP contribution is 2.23. The Morgan fingerprint density at radius 2 is 1.70 bits per heavy atom. The molecule has 142 valence electrons. The van der Waals surface area contributed by atoms with Gasteiger partial charge in [0.15, 0.2) is 0 Å². The molecule has 2 fully saturated rings. The molecule has 2 unspecified atom stereocenters. The van der Waals surface area contributed by atoms with Crippen LogP contribution in [0.5, 0.6) is 0 Å². The second-order valence-electron chi connectivity index (χ2n) is 6.30. The summed E-state index contributed by atoms with van der Waals surface area (Å²) in [6.45, 7) is 18.1. The van der Waals surface area contributed by atoms with Crippen molar-refractivity contribution in [3.05, 3.63) is 0 Å². The zero-order valence-corrected chi connectivity index (χ0v) is 17.2. The molecule has 0 aliphatic carbocycles. The van der Waals surface area contributed by atoms with E-state index in [0.29, 0.717) is 6.61 Å². The van der Waals surface area contributed by atoms with Gasteiger partial charge in [0.1, 0.15) is 0 Å². The molecule has 0 bridgehead atoms. The number of nitrogens with zero attached hydrogens (tertiary/aromatic N) is 2. The zero-order valence-electron chi connectivity index (χ0n) is 17.2. The van der Waals surface area contributed by atoms with Crippen LogP contribution in [0.15, 0.2) is 0 Å².